The van der Waals surface area contributed by atoms with Gasteiger partial charge in [0.25, 0.3) is 0 Å². The second kappa shape index (κ2) is 6.41. The van der Waals surface area contributed by atoms with E-state index in [4.69, 9.17) is 9.84 Å². The molecule has 0 radical (unpaired) electrons. The van der Waals surface area contributed by atoms with Crippen molar-refractivity contribution in [2.45, 2.75) is 5.60 Å². The standard InChI is InChI=1S/C20H15NO4/c21-12-19(13-25-14-19)20(24,17-7-2-1-3-8-17)10-9-15-5-4-6-16(11-15)18(22)23/h1-8,11,24H,13-14H2,(H,22,23)/t20-/m0/s1. The first kappa shape index (κ1) is 16.7. The zero-order chi connectivity index (χ0) is 17.9. The number of benzene rings is 2. The maximum Gasteiger partial charge on any atom is 0.335 e. The molecule has 0 amide bonds. The zero-order valence-electron chi connectivity index (χ0n) is 13.3. The van der Waals surface area contributed by atoms with Gasteiger partial charge in [-0.3, -0.25) is 0 Å². The number of nitrogens with zero attached hydrogens (tertiary/aromatic N) is 1. The maximum absolute atomic E-state index is 11.3. The molecule has 0 aliphatic carbocycles. The van der Waals surface area contributed by atoms with E-state index in [0.29, 0.717) is 11.1 Å². The highest BCUT2D eigenvalue weighted by Gasteiger charge is 2.57. The van der Waals surface area contributed by atoms with Gasteiger partial charge in [-0.2, -0.15) is 5.26 Å². The molecule has 2 N–H and O–H groups in total. The van der Waals surface area contributed by atoms with Gasteiger partial charge in [0.15, 0.2) is 5.60 Å². The number of rotatable bonds is 3. The van der Waals surface area contributed by atoms with E-state index in [1.54, 1.807) is 36.4 Å². The van der Waals surface area contributed by atoms with Gasteiger partial charge in [0, 0.05) is 5.56 Å². The number of ether oxygens (including phenoxy) is 1. The Morgan fingerprint density at radius 3 is 2.44 bits per heavy atom. The highest BCUT2D eigenvalue weighted by molar-refractivity contribution is 5.88. The minimum Gasteiger partial charge on any atom is -0.478 e. The molecule has 5 heteroatoms. The molecular formula is C20H15NO4. The molecule has 2 aromatic rings. The fourth-order valence-electron chi connectivity index (χ4n) is 2.70. The molecule has 0 unspecified atom stereocenters. The molecule has 0 aromatic heterocycles. The number of aliphatic hydroxyl groups is 1. The number of hydrogen-bond acceptors (Lipinski definition) is 4. The molecule has 2 aromatic carbocycles. The number of carboxylic acids is 1. The van der Waals surface area contributed by atoms with Crippen molar-refractivity contribution in [3.8, 4) is 17.9 Å². The lowest BCUT2D eigenvalue weighted by Crippen LogP contribution is -2.56. The summed E-state index contributed by atoms with van der Waals surface area (Å²) in [4.78, 5) is 11.1. The Morgan fingerprint density at radius 2 is 1.88 bits per heavy atom. The molecule has 3 rings (SSSR count). The fourth-order valence-corrected chi connectivity index (χ4v) is 2.70. The van der Waals surface area contributed by atoms with E-state index in [1.165, 1.54) is 12.1 Å². The van der Waals surface area contributed by atoms with Crippen LogP contribution in [0.25, 0.3) is 0 Å². The summed E-state index contributed by atoms with van der Waals surface area (Å²) >= 11 is 0. The minimum absolute atomic E-state index is 0.0821. The van der Waals surface area contributed by atoms with Gasteiger partial charge < -0.3 is 14.9 Å². The Labute approximate surface area is 145 Å². The van der Waals surface area contributed by atoms with Crippen molar-refractivity contribution in [3.63, 3.8) is 0 Å². The van der Waals surface area contributed by atoms with Gasteiger partial charge in [0.2, 0.25) is 0 Å². The summed E-state index contributed by atoms with van der Waals surface area (Å²) in [5.74, 6) is 4.56. The molecule has 1 aliphatic rings. The van der Waals surface area contributed by atoms with Gasteiger partial charge in [-0.15, -0.1) is 0 Å². The van der Waals surface area contributed by atoms with Crippen LogP contribution in [0.15, 0.2) is 54.6 Å². The van der Waals surface area contributed by atoms with Crippen LogP contribution in [0.5, 0.6) is 0 Å². The second-order valence-electron chi connectivity index (χ2n) is 5.90. The molecule has 0 spiro atoms. The lowest BCUT2D eigenvalue weighted by atomic mass is 9.68. The zero-order valence-corrected chi connectivity index (χ0v) is 13.3. The van der Waals surface area contributed by atoms with Gasteiger partial charge in [-0.05, 0) is 23.8 Å². The van der Waals surface area contributed by atoms with Crippen molar-refractivity contribution < 1.29 is 19.7 Å². The third-order valence-corrected chi connectivity index (χ3v) is 4.29. The number of nitriles is 1. The van der Waals surface area contributed by atoms with E-state index in [1.807, 2.05) is 6.07 Å². The molecule has 1 heterocycles. The van der Waals surface area contributed by atoms with Gasteiger partial charge in [-0.25, -0.2) is 4.79 Å². The van der Waals surface area contributed by atoms with Crippen molar-refractivity contribution in [3.05, 3.63) is 71.3 Å². The largest absolute Gasteiger partial charge is 0.478 e. The van der Waals surface area contributed by atoms with Gasteiger partial charge in [-0.1, -0.05) is 48.2 Å². The van der Waals surface area contributed by atoms with Gasteiger partial charge in [0.05, 0.1) is 24.8 Å². The molecule has 0 saturated carbocycles. The summed E-state index contributed by atoms with van der Waals surface area (Å²) in [6.07, 6.45) is 0. The predicted octanol–water partition coefficient (Wildman–Crippen LogP) is 2.16. The molecule has 1 aliphatic heterocycles. The molecular weight excluding hydrogens is 318 g/mol. The number of carboxylic acid groups (broad SMARTS) is 1. The van der Waals surface area contributed by atoms with Crippen LogP contribution in [0.4, 0.5) is 0 Å². The van der Waals surface area contributed by atoms with Crippen LogP contribution in [-0.2, 0) is 10.3 Å². The van der Waals surface area contributed by atoms with Gasteiger partial charge >= 0.3 is 5.97 Å². The Bertz CT molecular complexity index is 901. The molecule has 1 atom stereocenters. The predicted molar refractivity (Wildman–Crippen MR) is 89.5 cm³/mol. The van der Waals surface area contributed by atoms with Crippen LogP contribution in [-0.4, -0.2) is 29.4 Å². The number of carbonyl (C=O) groups is 1. The summed E-state index contributed by atoms with van der Waals surface area (Å²) in [5, 5.41) is 30.0. The summed E-state index contributed by atoms with van der Waals surface area (Å²) in [6.45, 7) is 0.164. The minimum atomic E-state index is -1.72. The lowest BCUT2D eigenvalue weighted by molar-refractivity contribution is -0.170. The Balaban J connectivity index is 2.08. The van der Waals surface area contributed by atoms with E-state index < -0.39 is 17.0 Å². The molecule has 1 saturated heterocycles. The third kappa shape index (κ3) is 2.88. The smallest absolute Gasteiger partial charge is 0.335 e. The van der Waals surface area contributed by atoms with E-state index in [-0.39, 0.29) is 18.8 Å². The molecule has 5 nitrogen and oxygen atoms in total. The fraction of sp³-hybridized carbons (Fsp3) is 0.200. The SMILES string of the molecule is N#CC1([C@](O)(C#Cc2cccc(C(=O)O)c2)c2ccccc2)COC1. The first-order chi connectivity index (χ1) is 12.0. The average molecular weight is 333 g/mol. The van der Waals surface area contributed by atoms with Crippen LogP contribution in [0.1, 0.15) is 21.5 Å². The third-order valence-electron chi connectivity index (χ3n) is 4.29. The normalized spacial score (nSPS) is 17.1. The van der Waals surface area contributed by atoms with Gasteiger partial charge in [0.1, 0.15) is 5.41 Å². The monoisotopic (exact) mass is 333 g/mol. The molecule has 25 heavy (non-hydrogen) atoms. The molecule has 0 bridgehead atoms. The topological polar surface area (TPSA) is 90.5 Å². The van der Waals surface area contributed by atoms with E-state index in [2.05, 4.69) is 17.9 Å². The van der Waals surface area contributed by atoms with Crippen molar-refractivity contribution in [2.75, 3.05) is 13.2 Å². The second-order valence-corrected chi connectivity index (χ2v) is 5.90. The summed E-state index contributed by atoms with van der Waals surface area (Å²) in [5.41, 5.74) is -1.83. The summed E-state index contributed by atoms with van der Waals surface area (Å²) < 4.78 is 5.17. The highest BCUT2D eigenvalue weighted by Crippen LogP contribution is 2.44. The van der Waals surface area contributed by atoms with Crippen molar-refractivity contribution in [2.24, 2.45) is 5.41 Å². The number of aromatic carboxylic acids is 1. The van der Waals surface area contributed by atoms with E-state index in [9.17, 15) is 15.2 Å². The van der Waals surface area contributed by atoms with Crippen molar-refractivity contribution in [1.82, 2.24) is 0 Å². The van der Waals surface area contributed by atoms with Crippen LogP contribution < -0.4 is 0 Å². The molecule has 124 valence electrons. The van der Waals surface area contributed by atoms with Crippen LogP contribution in [0, 0.1) is 28.6 Å². The Hall–Kier alpha value is -3.12. The van der Waals surface area contributed by atoms with Crippen LogP contribution in [0.2, 0.25) is 0 Å². The average Bonchev–Trinajstić information content (AvgIpc) is 2.60. The van der Waals surface area contributed by atoms with Crippen molar-refractivity contribution in [1.29, 1.82) is 5.26 Å². The quantitative estimate of drug-likeness (QED) is 0.840. The molecule has 1 fully saturated rings. The van der Waals surface area contributed by atoms with E-state index >= 15 is 0 Å². The summed E-state index contributed by atoms with van der Waals surface area (Å²) in [6, 6.07) is 17.0. The van der Waals surface area contributed by atoms with Crippen LogP contribution in [0.3, 0.4) is 0 Å². The Morgan fingerprint density at radius 1 is 1.16 bits per heavy atom. The maximum atomic E-state index is 11.3. The highest BCUT2D eigenvalue weighted by atomic mass is 16.5. The first-order valence-electron chi connectivity index (χ1n) is 7.64. The van der Waals surface area contributed by atoms with E-state index in [0.717, 1.165) is 0 Å². The Kier molecular flexibility index (Phi) is 4.29. The van der Waals surface area contributed by atoms with Crippen molar-refractivity contribution >= 4 is 5.97 Å². The van der Waals surface area contributed by atoms with Crippen LogP contribution >= 0.6 is 0 Å². The number of hydrogen-bond donors (Lipinski definition) is 2. The lowest BCUT2D eigenvalue weighted by Gasteiger charge is -2.45. The summed E-state index contributed by atoms with van der Waals surface area (Å²) in [7, 11) is 0. The first-order valence-corrected chi connectivity index (χ1v) is 7.64.